The largest absolute Gasteiger partial charge is 0.362 e. The minimum Gasteiger partial charge on any atom is -0.362 e. The van der Waals surface area contributed by atoms with Crippen molar-refractivity contribution >= 4 is 16.9 Å². The first-order chi connectivity index (χ1) is 9.04. The van der Waals surface area contributed by atoms with Crippen LogP contribution in [0.4, 0.5) is 0 Å². The monoisotopic (exact) mass is 278 g/mol. The SMILES string of the molecule is CC(C)(C)C1CCSC(NC2C3C4CCC(C4)C23)=N1. The molecule has 2 nitrogen and oxygen atoms in total. The fourth-order valence-electron chi connectivity index (χ4n) is 4.88. The van der Waals surface area contributed by atoms with Gasteiger partial charge in [-0.3, -0.25) is 4.99 Å². The van der Waals surface area contributed by atoms with Crippen LogP contribution in [0.2, 0.25) is 0 Å². The highest BCUT2D eigenvalue weighted by atomic mass is 32.2. The molecule has 1 heterocycles. The number of thioether (sulfide) groups is 1. The normalized spacial score (nSPS) is 47.8. The third kappa shape index (κ3) is 2.03. The van der Waals surface area contributed by atoms with Crippen LogP contribution in [0.1, 0.15) is 46.5 Å². The van der Waals surface area contributed by atoms with Crippen LogP contribution < -0.4 is 5.32 Å². The second-order valence-corrected chi connectivity index (χ2v) is 9.19. The zero-order chi connectivity index (χ0) is 13.2. The molecule has 1 aliphatic heterocycles. The highest BCUT2D eigenvalue weighted by molar-refractivity contribution is 8.13. The van der Waals surface area contributed by atoms with Crippen LogP contribution in [0.5, 0.6) is 0 Å². The van der Waals surface area contributed by atoms with E-state index in [-0.39, 0.29) is 0 Å². The Hall–Kier alpha value is -0.180. The van der Waals surface area contributed by atoms with Gasteiger partial charge in [0.1, 0.15) is 0 Å². The van der Waals surface area contributed by atoms with Gasteiger partial charge < -0.3 is 5.32 Å². The molecule has 3 aliphatic carbocycles. The lowest BCUT2D eigenvalue weighted by Crippen LogP contribution is -2.35. The molecule has 5 unspecified atom stereocenters. The van der Waals surface area contributed by atoms with E-state index < -0.39 is 0 Å². The van der Waals surface area contributed by atoms with Gasteiger partial charge in [-0.05, 0) is 54.8 Å². The first-order valence-corrected chi connectivity index (χ1v) is 9.00. The molecule has 0 saturated heterocycles. The van der Waals surface area contributed by atoms with Crippen LogP contribution in [-0.2, 0) is 0 Å². The van der Waals surface area contributed by atoms with E-state index in [2.05, 4.69) is 26.1 Å². The van der Waals surface area contributed by atoms with E-state index >= 15 is 0 Å². The summed E-state index contributed by atoms with van der Waals surface area (Å²) in [6.45, 7) is 6.96. The topological polar surface area (TPSA) is 24.4 Å². The molecule has 1 N–H and O–H groups in total. The molecule has 3 fully saturated rings. The lowest BCUT2D eigenvalue weighted by atomic mass is 9.85. The summed E-state index contributed by atoms with van der Waals surface area (Å²) in [5.41, 5.74) is 0.312. The molecular weight excluding hydrogens is 252 g/mol. The van der Waals surface area contributed by atoms with Crippen molar-refractivity contribution in [3.8, 4) is 0 Å². The van der Waals surface area contributed by atoms with Crippen LogP contribution in [0.15, 0.2) is 4.99 Å². The van der Waals surface area contributed by atoms with Gasteiger partial charge in [-0.1, -0.05) is 32.5 Å². The van der Waals surface area contributed by atoms with Crippen LogP contribution in [0.3, 0.4) is 0 Å². The van der Waals surface area contributed by atoms with Crippen molar-refractivity contribution in [1.82, 2.24) is 5.32 Å². The van der Waals surface area contributed by atoms with Crippen molar-refractivity contribution < 1.29 is 0 Å². The van der Waals surface area contributed by atoms with Gasteiger partial charge in [0.05, 0.1) is 6.04 Å². The molecule has 106 valence electrons. The van der Waals surface area contributed by atoms with Crippen LogP contribution >= 0.6 is 11.8 Å². The fraction of sp³-hybridized carbons (Fsp3) is 0.938. The molecule has 0 radical (unpaired) electrons. The zero-order valence-electron chi connectivity index (χ0n) is 12.4. The van der Waals surface area contributed by atoms with Gasteiger partial charge in [0, 0.05) is 11.8 Å². The predicted molar refractivity (Wildman–Crippen MR) is 82.5 cm³/mol. The van der Waals surface area contributed by atoms with Gasteiger partial charge in [0.2, 0.25) is 0 Å². The number of rotatable bonds is 1. The van der Waals surface area contributed by atoms with E-state index in [1.807, 2.05) is 11.8 Å². The standard InChI is InChI=1S/C16H26N2S/c1-16(2,3)11-6-7-19-15(17-11)18-14-12-9-4-5-10(8-9)13(12)14/h9-14H,4-8H2,1-3H3,(H,17,18). The number of hydrogen-bond donors (Lipinski definition) is 1. The summed E-state index contributed by atoms with van der Waals surface area (Å²) < 4.78 is 0. The van der Waals surface area contributed by atoms with Crippen LogP contribution in [0.25, 0.3) is 0 Å². The maximum Gasteiger partial charge on any atom is 0.157 e. The Labute approximate surface area is 121 Å². The number of nitrogens with zero attached hydrogens (tertiary/aromatic N) is 1. The molecule has 0 aromatic carbocycles. The summed E-state index contributed by atoms with van der Waals surface area (Å²) >= 11 is 1.95. The Kier molecular flexibility index (Phi) is 2.75. The fourth-order valence-corrected chi connectivity index (χ4v) is 5.83. The smallest absolute Gasteiger partial charge is 0.157 e. The second-order valence-electron chi connectivity index (χ2n) is 8.11. The van der Waals surface area contributed by atoms with Crippen LogP contribution in [-0.4, -0.2) is 23.0 Å². The maximum atomic E-state index is 5.00. The number of aliphatic imine (C=N–C) groups is 1. The van der Waals surface area contributed by atoms with Crippen molar-refractivity contribution in [2.75, 3.05) is 5.75 Å². The molecular formula is C16H26N2S. The molecule has 0 spiro atoms. The van der Waals surface area contributed by atoms with Crippen molar-refractivity contribution in [3.05, 3.63) is 0 Å². The Balaban J connectivity index is 1.43. The Morgan fingerprint density at radius 1 is 1.11 bits per heavy atom. The summed E-state index contributed by atoms with van der Waals surface area (Å²) in [6, 6.07) is 1.29. The van der Waals surface area contributed by atoms with Gasteiger partial charge in [-0.2, -0.15) is 0 Å². The third-order valence-corrected chi connectivity index (χ3v) is 6.86. The maximum absolute atomic E-state index is 5.00. The number of hydrogen-bond acceptors (Lipinski definition) is 3. The van der Waals surface area contributed by atoms with E-state index in [9.17, 15) is 0 Å². The molecule has 0 amide bonds. The zero-order valence-corrected chi connectivity index (χ0v) is 13.2. The summed E-state index contributed by atoms with van der Waals surface area (Å²) in [4.78, 5) is 5.00. The van der Waals surface area contributed by atoms with Crippen LogP contribution in [0, 0.1) is 29.1 Å². The minimum atomic E-state index is 0.312. The first kappa shape index (κ1) is 12.6. The molecule has 4 rings (SSSR count). The van der Waals surface area contributed by atoms with Crippen molar-refractivity contribution in [2.45, 2.75) is 58.5 Å². The van der Waals surface area contributed by atoms with Gasteiger partial charge in [0.15, 0.2) is 5.17 Å². The second kappa shape index (κ2) is 4.16. The molecule has 0 aromatic rings. The first-order valence-electron chi connectivity index (χ1n) is 8.01. The molecule has 2 bridgehead atoms. The van der Waals surface area contributed by atoms with E-state index in [1.165, 1.54) is 36.6 Å². The quantitative estimate of drug-likeness (QED) is 0.793. The highest BCUT2D eigenvalue weighted by Crippen LogP contribution is 2.65. The molecule has 19 heavy (non-hydrogen) atoms. The van der Waals surface area contributed by atoms with E-state index in [0.717, 1.165) is 29.7 Å². The summed E-state index contributed by atoms with van der Waals surface area (Å²) in [5, 5.41) is 5.07. The van der Waals surface area contributed by atoms with Crippen molar-refractivity contribution in [2.24, 2.45) is 34.1 Å². The molecule has 0 aromatic heterocycles. The predicted octanol–water partition coefficient (Wildman–Crippen LogP) is 3.53. The van der Waals surface area contributed by atoms with Gasteiger partial charge >= 0.3 is 0 Å². The molecule has 4 aliphatic rings. The van der Waals surface area contributed by atoms with Gasteiger partial charge in [-0.15, -0.1) is 0 Å². The average Bonchev–Trinajstić information content (AvgIpc) is 2.77. The average molecular weight is 278 g/mol. The third-order valence-electron chi connectivity index (χ3n) is 5.93. The van der Waals surface area contributed by atoms with E-state index in [4.69, 9.17) is 4.99 Å². The molecule has 3 saturated carbocycles. The van der Waals surface area contributed by atoms with E-state index in [0.29, 0.717) is 11.5 Å². The number of fused-ring (bicyclic) bond motifs is 5. The highest BCUT2D eigenvalue weighted by Gasteiger charge is 2.65. The van der Waals surface area contributed by atoms with Gasteiger partial charge in [0.25, 0.3) is 0 Å². The van der Waals surface area contributed by atoms with Gasteiger partial charge in [-0.25, -0.2) is 0 Å². The minimum absolute atomic E-state index is 0.312. The number of nitrogens with one attached hydrogen (secondary N) is 1. The Morgan fingerprint density at radius 2 is 1.79 bits per heavy atom. The lowest BCUT2D eigenvalue weighted by molar-refractivity contribution is 0.315. The van der Waals surface area contributed by atoms with E-state index in [1.54, 1.807) is 0 Å². The molecule has 5 atom stereocenters. The number of amidine groups is 1. The summed E-state index contributed by atoms with van der Waals surface area (Å²) in [7, 11) is 0. The summed E-state index contributed by atoms with van der Waals surface area (Å²) in [6.07, 6.45) is 5.79. The molecule has 3 heteroatoms. The Bertz CT molecular complexity index is 395. The van der Waals surface area contributed by atoms with Crippen molar-refractivity contribution in [1.29, 1.82) is 0 Å². The Morgan fingerprint density at radius 3 is 2.42 bits per heavy atom. The lowest BCUT2D eigenvalue weighted by Gasteiger charge is -2.31. The van der Waals surface area contributed by atoms with Crippen molar-refractivity contribution in [3.63, 3.8) is 0 Å². The summed E-state index contributed by atoms with van der Waals surface area (Å²) in [5.74, 6) is 5.37.